The Kier molecular flexibility index (Phi) is 3.48. The SMILES string of the molecule is COc1ccccc1NC(=O)C12CCC(C)(C(=NO)C1=O)C2(C)C. The molecule has 2 atom stereocenters. The van der Waals surface area contributed by atoms with Crippen LogP contribution in [0, 0.1) is 16.2 Å². The lowest BCUT2D eigenvalue weighted by Crippen LogP contribution is -2.47. The van der Waals surface area contributed by atoms with Crippen molar-refractivity contribution < 1.29 is 19.5 Å². The summed E-state index contributed by atoms with van der Waals surface area (Å²) >= 11 is 0. The molecule has 24 heavy (non-hydrogen) atoms. The van der Waals surface area contributed by atoms with Gasteiger partial charge in [0.05, 0.1) is 12.8 Å². The summed E-state index contributed by atoms with van der Waals surface area (Å²) in [4.78, 5) is 26.1. The molecule has 2 saturated carbocycles. The highest BCUT2D eigenvalue weighted by atomic mass is 16.5. The highest BCUT2D eigenvalue weighted by Gasteiger charge is 2.76. The fraction of sp³-hybridized carbons (Fsp3) is 0.500. The minimum Gasteiger partial charge on any atom is -0.495 e. The van der Waals surface area contributed by atoms with Gasteiger partial charge in [-0.15, -0.1) is 0 Å². The Labute approximate surface area is 140 Å². The highest BCUT2D eigenvalue weighted by Crippen LogP contribution is 2.69. The number of carbonyl (C=O) groups is 2. The van der Waals surface area contributed by atoms with Gasteiger partial charge in [0, 0.05) is 5.41 Å². The highest BCUT2D eigenvalue weighted by molar-refractivity contribution is 6.51. The molecule has 2 aliphatic rings. The standard InChI is InChI=1S/C18H22N2O4/c1-16(2)17(3)9-10-18(16,14(21)13(17)20-23)15(22)19-11-7-5-6-8-12(11)24-4/h5-8,23H,9-10H2,1-4H3,(H,19,22). The number of benzene rings is 1. The number of hydrogen-bond acceptors (Lipinski definition) is 5. The Balaban J connectivity index is 2.05. The van der Waals surface area contributed by atoms with Gasteiger partial charge in [0.25, 0.3) is 0 Å². The van der Waals surface area contributed by atoms with E-state index in [0.717, 1.165) is 0 Å². The molecule has 1 amide bonds. The maximum absolute atomic E-state index is 13.2. The van der Waals surface area contributed by atoms with E-state index in [1.807, 2.05) is 20.8 Å². The van der Waals surface area contributed by atoms with Gasteiger partial charge in [0.15, 0.2) is 5.78 Å². The van der Waals surface area contributed by atoms with E-state index < -0.39 is 16.2 Å². The van der Waals surface area contributed by atoms with Crippen molar-refractivity contribution in [1.29, 1.82) is 0 Å². The molecule has 2 fully saturated rings. The number of hydrogen-bond donors (Lipinski definition) is 2. The number of methoxy groups -OCH3 is 1. The summed E-state index contributed by atoms with van der Waals surface area (Å²) in [6.07, 6.45) is 1.07. The molecule has 2 unspecified atom stereocenters. The Hall–Kier alpha value is -2.37. The molecule has 2 aliphatic carbocycles. The molecule has 0 aliphatic heterocycles. The van der Waals surface area contributed by atoms with Crippen LogP contribution in [-0.2, 0) is 9.59 Å². The lowest BCUT2D eigenvalue weighted by atomic mass is 9.64. The Morgan fingerprint density at radius 3 is 2.50 bits per heavy atom. The van der Waals surface area contributed by atoms with E-state index in [9.17, 15) is 14.8 Å². The second-order valence-corrected chi connectivity index (χ2v) is 7.29. The molecule has 6 heteroatoms. The smallest absolute Gasteiger partial charge is 0.239 e. The van der Waals surface area contributed by atoms with E-state index in [-0.39, 0.29) is 17.4 Å². The topological polar surface area (TPSA) is 88.0 Å². The number of nitrogens with zero attached hydrogens (tertiary/aromatic N) is 1. The van der Waals surface area contributed by atoms with Crippen LogP contribution in [-0.4, -0.2) is 29.7 Å². The second-order valence-electron chi connectivity index (χ2n) is 7.29. The van der Waals surface area contributed by atoms with Crippen molar-refractivity contribution in [1.82, 2.24) is 0 Å². The van der Waals surface area contributed by atoms with Crippen molar-refractivity contribution in [3.8, 4) is 5.75 Å². The van der Waals surface area contributed by atoms with Gasteiger partial charge in [-0.2, -0.15) is 0 Å². The average molecular weight is 330 g/mol. The number of Topliss-reactive ketones (excluding diaryl/α,β-unsaturated/α-hetero) is 1. The first-order chi connectivity index (χ1) is 11.3. The molecule has 0 heterocycles. The third kappa shape index (κ3) is 1.68. The summed E-state index contributed by atoms with van der Waals surface area (Å²) in [6, 6.07) is 7.07. The van der Waals surface area contributed by atoms with Crippen LogP contribution in [0.25, 0.3) is 0 Å². The molecule has 3 rings (SSSR count). The summed E-state index contributed by atoms with van der Waals surface area (Å²) in [5.74, 6) is -0.220. The number of amides is 1. The zero-order valence-corrected chi connectivity index (χ0v) is 14.3. The normalized spacial score (nSPS) is 32.2. The van der Waals surface area contributed by atoms with Crippen molar-refractivity contribution in [2.24, 2.45) is 21.4 Å². The summed E-state index contributed by atoms with van der Waals surface area (Å²) in [7, 11) is 1.52. The van der Waals surface area contributed by atoms with Crippen LogP contribution in [0.4, 0.5) is 5.69 Å². The summed E-state index contributed by atoms with van der Waals surface area (Å²) in [5, 5.41) is 15.4. The van der Waals surface area contributed by atoms with Crippen LogP contribution in [0.15, 0.2) is 29.4 Å². The lowest BCUT2D eigenvalue weighted by Gasteiger charge is -2.37. The molecule has 1 aromatic carbocycles. The van der Waals surface area contributed by atoms with Gasteiger partial charge in [-0.05, 0) is 30.4 Å². The predicted molar refractivity (Wildman–Crippen MR) is 89.4 cm³/mol. The third-order valence-corrected chi connectivity index (χ3v) is 6.41. The molecule has 6 nitrogen and oxygen atoms in total. The number of oxime groups is 1. The van der Waals surface area contributed by atoms with Gasteiger partial charge in [0.1, 0.15) is 16.9 Å². The van der Waals surface area contributed by atoms with Crippen molar-refractivity contribution in [2.75, 3.05) is 12.4 Å². The van der Waals surface area contributed by atoms with E-state index in [0.29, 0.717) is 24.3 Å². The zero-order chi connectivity index (χ0) is 17.8. The van der Waals surface area contributed by atoms with Crippen molar-refractivity contribution in [2.45, 2.75) is 33.6 Å². The first-order valence-corrected chi connectivity index (χ1v) is 7.98. The van der Waals surface area contributed by atoms with Gasteiger partial charge >= 0.3 is 0 Å². The van der Waals surface area contributed by atoms with Gasteiger partial charge in [-0.3, -0.25) is 9.59 Å². The molecule has 128 valence electrons. The number of carbonyl (C=O) groups excluding carboxylic acids is 2. The van der Waals surface area contributed by atoms with Crippen LogP contribution in [0.2, 0.25) is 0 Å². The first kappa shape index (κ1) is 16.5. The van der Waals surface area contributed by atoms with Crippen LogP contribution < -0.4 is 10.1 Å². The molecular formula is C18H22N2O4. The van der Waals surface area contributed by atoms with Crippen molar-refractivity contribution in [3.63, 3.8) is 0 Å². The number of fused-ring (bicyclic) bond motifs is 2. The predicted octanol–water partition coefficient (Wildman–Crippen LogP) is 2.86. The van der Waals surface area contributed by atoms with E-state index in [1.54, 1.807) is 24.3 Å². The number of rotatable bonds is 3. The molecule has 0 saturated heterocycles. The molecular weight excluding hydrogens is 308 g/mol. The number of anilines is 1. The van der Waals surface area contributed by atoms with Crippen LogP contribution in [0.5, 0.6) is 5.75 Å². The Morgan fingerprint density at radius 2 is 1.92 bits per heavy atom. The van der Waals surface area contributed by atoms with E-state index in [4.69, 9.17) is 4.74 Å². The first-order valence-electron chi connectivity index (χ1n) is 7.98. The fourth-order valence-corrected chi connectivity index (χ4v) is 4.43. The largest absolute Gasteiger partial charge is 0.495 e. The number of nitrogens with one attached hydrogen (secondary N) is 1. The Morgan fingerprint density at radius 1 is 1.25 bits per heavy atom. The van der Waals surface area contributed by atoms with E-state index in [1.165, 1.54) is 7.11 Å². The van der Waals surface area contributed by atoms with E-state index >= 15 is 0 Å². The molecule has 2 N–H and O–H groups in total. The minimum absolute atomic E-state index is 0.105. The van der Waals surface area contributed by atoms with E-state index in [2.05, 4.69) is 10.5 Å². The number of ether oxygens (including phenoxy) is 1. The summed E-state index contributed by atoms with van der Waals surface area (Å²) in [5.41, 5.74) is -1.87. The van der Waals surface area contributed by atoms with Crippen LogP contribution in [0.1, 0.15) is 33.6 Å². The minimum atomic E-state index is -1.23. The van der Waals surface area contributed by atoms with Gasteiger partial charge in [-0.1, -0.05) is 38.1 Å². The van der Waals surface area contributed by atoms with Crippen molar-refractivity contribution in [3.05, 3.63) is 24.3 Å². The monoisotopic (exact) mass is 330 g/mol. The van der Waals surface area contributed by atoms with Crippen molar-refractivity contribution >= 4 is 23.1 Å². The summed E-state index contributed by atoms with van der Waals surface area (Å²) < 4.78 is 5.26. The third-order valence-electron chi connectivity index (χ3n) is 6.41. The van der Waals surface area contributed by atoms with Gasteiger partial charge in [0.2, 0.25) is 5.91 Å². The molecule has 1 aromatic rings. The quantitative estimate of drug-likeness (QED) is 0.507. The maximum Gasteiger partial charge on any atom is 0.239 e. The van der Waals surface area contributed by atoms with Crippen LogP contribution >= 0.6 is 0 Å². The Bertz CT molecular complexity index is 755. The number of para-hydroxylation sites is 2. The average Bonchev–Trinajstić information content (AvgIpc) is 2.83. The van der Waals surface area contributed by atoms with Gasteiger partial charge < -0.3 is 15.3 Å². The molecule has 0 radical (unpaired) electrons. The molecule has 0 spiro atoms. The summed E-state index contributed by atoms with van der Waals surface area (Å²) in [6.45, 7) is 5.70. The second kappa shape index (κ2) is 5.06. The number of ketones is 1. The fourth-order valence-electron chi connectivity index (χ4n) is 4.43. The lowest BCUT2D eigenvalue weighted by molar-refractivity contribution is -0.140. The zero-order valence-electron chi connectivity index (χ0n) is 14.3. The molecule has 0 aromatic heterocycles. The van der Waals surface area contributed by atoms with Crippen LogP contribution in [0.3, 0.4) is 0 Å². The van der Waals surface area contributed by atoms with Gasteiger partial charge in [-0.25, -0.2) is 0 Å². The molecule has 2 bridgehead atoms. The maximum atomic E-state index is 13.2.